The van der Waals surface area contributed by atoms with Crippen LogP contribution in [0, 0.1) is 11.7 Å². The summed E-state index contributed by atoms with van der Waals surface area (Å²) in [6.07, 6.45) is 2.19. The van der Waals surface area contributed by atoms with Crippen molar-refractivity contribution in [3.05, 3.63) is 35.1 Å². The highest BCUT2D eigenvalue weighted by Gasteiger charge is 2.23. The normalized spacial score (nSPS) is 19.6. The molecule has 2 rings (SSSR count). The molecule has 0 radical (unpaired) electrons. The van der Waals surface area contributed by atoms with Gasteiger partial charge in [-0.2, -0.15) is 0 Å². The Morgan fingerprint density at radius 2 is 2.25 bits per heavy atom. The van der Waals surface area contributed by atoms with E-state index in [2.05, 4.69) is 5.32 Å². The number of rotatable bonds is 4. The number of carbonyl (C=O) groups is 1. The first-order chi connectivity index (χ1) is 9.47. The van der Waals surface area contributed by atoms with Crippen molar-refractivity contribution in [2.24, 2.45) is 5.92 Å². The highest BCUT2D eigenvalue weighted by Crippen LogP contribution is 2.30. The number of hydrogen-bond donors (Lipinski definition) is 2. The second-order valence-corrected chi connectivity index (χ2v) is 5.87. The average molecular weight is 279 g/mol. The molecule has 1 aliphatic carbocycles. The monoisotopic (exact) mass is 279 g/mol. The summed E-state index contributed by atoms with van der Waals surface area (Å²) in [7, 11) is 0. The van der Waals surface area contributed by atoms with E-state index in [4.69, 9.17) is 0 Å². The minimum absolute atomic E-state index is 0.0526. The molecular formula is C16H22FNO2. The summed E-state index contributed by atoms with van der Waals surface area (Å²) in [6, 6.07) is 4.64. The molecule has 2 N–H and O–H groups in total. The standard InChI is InChI=1S/C16H22FNO2/c1-10(2)15(19)9-16(20)18-14-5-3-4-11-6-7-12(17)8-13(11)14/h6-8,10,14-15,19H,3-5,9H2,1-2H3,(H,18,20)/t14-,15+/m1/s1. The lowest BCUT2D eigenvalue weighted by atomic mass is 9.87. The molecule has 20 heavy (non-hydrogen) atoms. The quantitative estimate of drug-likeness (QED) is 0.890. The van der Waals surface area contributed by atoms with Gasteiger partial charge in [-0.1, -0.05) is 19.9 Å². The Hall–Kier alpha value is -1.42. The Kier molecular flexibility index (Phi) is 4.76. The van der Waals surface area contributed by atoms with Crippen LogP contribution in [0.3, 0.4) is 0 Å². The number of fused-ring (bicyclic) bond motifs is 1. The third-order valence-corrected chi connectivity index (χ3v) is 3.92. The molecule has 0 heterocycles. The van der Waals surface area contributed by atoms with E-state index in [1.807, 2.05) is 13.8 Å². The fraction of sp³-hybridized carbons (Fsp3) is 0.562. The lowest BCUT2D eigenvalue weighted by Gasteiger charge is -2.27. The Bertz CT molecular complexity index is 487. The first-order valence-electron chi connectivity index (χ1n) is 7.23. The molecule has 3 nitrogen and oxygen atoms in total. The molecule has 2 atom stereocenters. The van der Waals surface area contributed by atoms with Gasteiger partial charge in [-0.05, 0) is 48.4 Å². The zero-order valence-corrected chi connectivity index (χ0v) is 12.0. The number of aliphatic hydroxyl groups excluding tert-OH is 1. The molecule has 110 valence electrons. The number of nitrogens with one attached hydrogen (secondary N) is 1. The lowest BCUT2D eigenvalue weighted by molar-refractivity contribution is -0.124. The highest BCUT2D eigenvalue weighted by molar-refractivity contribution is 5.77. The summed E-state index contributed by atoms with van der Waals surface area (Å²) in [5.74, 6) is -0.391. The van der Waals surface area contributed by atoms with E-state index in [9.17, 15) is 14.3 Å². The second-order valence-electron chi connectivity index (χ2n) is 5.87. The van der Waals surface area contributed by atoms with Crippen molar-refractivity contribution in [2.75, 3.05) is 0 Å². The highest BCUT2D eigenvalue weighted by atomic mass is 19.1. The van der Waals surface area contributed by atoms with Crippen molar-refractivity contribution in [1.29, 1.82) is 0 Å². The number of halogens is 1. The number of carbonyl (C=O) groups excluding carboxylic acids is 1. The predicted octanol–water partition coefficient (Wildman–Crippen LogP) is 2.73. The number of aliphatic hydroxyl groups is 1. The molecule has 0 spiro atoms. The van der Waals surface area contributed by atoms with Crippen LogP contribution in [-0.4, -0.2) is 17.1 Å². The van der Waals surface area contributed by atoms with Gasteiger partial charge in [-0.3, -0.25) is 4.79 Å². The summed E-state index contributed by atoms with van der Waals surface area (Å²) < 4.78 is 13.4. The maximum atomic E-state index is 13.4. The molecular weight excluding hydrogens is 257 g/mol. The van der Waals surface area contributed by atoms with Crippen molar-refractivity contribution in [1.82, 2.24) is 5.32 Å². The van der Waals surface area contributed by atoms with Crippen LogP contribution in [0.4, 0.5) is 4.39 Å². The van der Waals surface area contributed by atoms with Gasteiger partial charge in [0, 0.05) is 0 Å². The molecule has 1 aliphatic rings. The van der Waals surface area contributed by atoms with Gasteiger partial charge in [-0.25, -0.2) is 4.39 Å². The first kappa shape index (κ1) is 15.0. The van der Waals surface area contributed by atoms with E-state index >= 15 is 0 Å². The van der Waals surface area contributed by atoms with Crippen LogP contribution in [0.5, 0.6) is 0 Å². The Morgan fingerprint density at radius 3 is 2.95 bits per heavy atom. The largest absolute Gasteiger partial charge is 0.392 e. The Balaban J connectivity index is 2.04. The van der Waals surface area contributed by atoms with E-state index in [0.29, 0.717) is 0 Å². The van der Waals surface area contributed by atoms with Crippen LogP contribution in [-0.2, 0) is 11.2 Å². The molecule has 0 unspecified atom stereocenters. The van der Waals surface area contributed by atoms with E-state index in [0.717, 1.165) is 30.4 Å². The van der Waals surface area contributed by atoms with Crippen LogP contribution in [0.25, 0.3) is 0 Å². The number of benzene rings is 1. The number of aryl methyl sites for hydroxylation is 1. The third-order valence-electron chi connectivity index (χ3n) is 3.92. The van der Waals surface area contributed by atoms with Crippen LogP contribution < -0.4 is 5.32 Å². The van der Waals surface area contributed by atoms with Gasteiger partial charge in [0.15, 0.2) is 0 Å². The third kappa shape index (κ3) is 3.57. The average Bonchev–Trinajstić information content (AvgIpc) is 2.39. The van der Waals surface area contributed by atoms with Crippen molar-refractivity contribution < 1.29 is 14.3 Å². The number of amides is 1. The van der Waals surface area contributed by atoms with Gasteiger partial charge in [0.2, 0.25) is 5.91 Å². The van der Waals surface area contributed by atoms with Gasteiger partial charge in [-0.15, -0.1) is 0 Å². The van der Waals surface area contributed by atoms with Crippen molar-refractivity contribution in [3.8, 4) is 0 Å². The first-order valence-corrected chi connectivity index (χ1v) is 7.23. The smallest absolute Gasteiger partial charge is 0.223 e. The predicted molar refractivity (Wildman–Crippen MR) is 75.7 cm³/mol. The second kappa shape index (κ2) is 6.35. The summed E-state index contributed by atoms with van der Waals surface area (Å²) in [4.78, 5) is 12.0. The van der Waals surface area contributed by atoms with E-state index in [-0.39, 0.29) is 30.1 Å². The van der Waals surface area contributed by atoms with Crippen molar-refractivity contribution >= 4 is 5.91 Å². The molecule has 4 heteroatoms. The molecule has 1 aromatic carbocycles. The minimum atomic E-state index is -0.634. The maximum Gasteiger partial charge on any atom is 0.223 e. The molecule has 1 amide bonds. The van der Waals surface area contributed by atoms with Gasteiger partial charge in [0.05, 0.1) is 18.6 Å². The summed E-state index contributed by atoms with van der Waals surface area (Å²) in [5, 5.41) is 12.7. The molecule has 0 fully saturated rings. The molecule has 1 aromatic rings. The Morgan fingerprint density at radius 1 is 1.50 bits per heavy atom. The molecule has 0 saturated heterocycles. The van der Waals surface area contributed by atoms with E-state index in [1.54, 1.807) is 6.07 Å². The van der Waals surface area contributed by atoms with Gasteiger partial charge in [0.25, 0.3) is 0 Å². The lowest BCUT2D eigenvalue weighted by Crippen LogP contribution is -2.34. The summed E-state index contributed by atoms with van der Waals surface area (Å²) >= 11 is 0. The minimum Gasteiger partial charge on any atom is -0.392 e. The van der Waals surface area contributed by atoms with Gasteiger partial charge >= 0.3 is 0 Å². The SMILES string of the molecule is CC(C)[C@@H](O)CC(=O)N[C@@H]1CCCc2ccc(F)cc21. The van der Waals surface area contributed by atoms with Crippen molar-refractivity contribution in [2.45, 2.75) is 51.7 Å². The van der Waals surface area contributed by atoms with E-state index < -0.39 is 6.10 Å². The number of hydrogen-bond acceptors (Lipinski definition) is 2. The van der Waals surface area contributed by atoms with Crippen molar-refractivity contribution in [3.63, 3.8) is 0 Å². The summed E-state index contributed by atoms with van der Waals surface area (Å²) in [6.45, 7) is 3.76. The van der Waals surface area contributed by atoms with Gasteiger partial charge < -0.3 is 10.4 Å². The zero-order chi connectivity index (χ0) is 14.7. The molecule has 0 aromatic heterocycles. The zero-order valence-electron chi connectivity index (χ0n) is 12.0. The van der Waals surface area contributed by atoms with Crippen LogP contribution in [0.15, 0.2) is 18.2 Å². The maximum absolute atomic E-state index is 13.4. The summed E-state index contributed by atoms with van der Waals surface area (Å²) in [5.41, 5.74) is 1.98. The van der Waals surface area contributed by atoms with Gasteiger partial charge in [0.1, 0.15) is 5.82 Å². The topological polar surface area (TPSA) is 49.3 Å². The van der Waals surface area contributed by atoms with E-state index in [1.165, 1.54) is 12.1 Å². The molecule has 0 bridgehead atoms. The van der Waals surface area contributed by atoms with Crippen LogP contribution in [0.1, 0.15) is 50.3 Å². The van der Waals surface area contributed by atoms with Crippen LogP contribution >= 0.6 is 0 Å². The molecule has 0 saturated carbocycles. The fourth-order valence-corrected chi connectivity index (χ4v) is 2.60. The fourth-order valence-electron chi connectivity index (χ4n) is 2.60. The van der Waals surface area contributed by atoms with Crippen LogP contribution in [0.2, 0.25) is 0 Å². The molecule has 0 aliphatic heterocycles. The Labute approximate surface area is 119 Å².